The molecule has 3 rings (SSSR count). The van der Waals surface area contributed by atoms with Crippen molar-refractivity contribution in [1.82, 2.24) is 15.5 Å². The largest absolute Gasteiger partial charge is 0.416 e. The standard InChI is InChI=1S/C20H21N3O2/c1-4-14(3)21-18(24)15-9-11-17(12-10-15)20-23-22-19(25-20)16-7-5-13(2)6-8-16/h5-12,14H,4H2,1-3H3,(H,21,24). The van der Waals surface area contributed by atoms with Crippen molar-refractivity contribution in [2.24, 2.45) is 0 Å². The highest BCUT2D eigenvalue weighted by Gasteiger charge is 2.12. The first-order valence-corrected chi connectivity index (χ1v) is 8.38. The van der Waals surface area contributed by atoms with E-state index in [1.807, 2.05) is 57.2 Å². The highest BCUT2D eigenvalue weighted by molar-refractivity contribution is 5.94. The van der Waals surface area contributed by atoms with Gasteiger partial charge >= 0.3 is 0 Å². The van der Waals surface area contributed by atoms with Gasteiger partial charge in [-0.1, -0.05) is 24.6 Å². The molecule has 0 aliphatic carbocycles. The normalized spacial score (nSPS) is 12.0. The fourth-order valence-electron chi connectivity index (χ4n) is 2.33. The van der Waals surface area contributed by atoms with E-state index in [-0.39, 0.29) is 11.9 Å². The van der Waals surface area contributed by atoms with E-state index in [0.29, 0.717) is 17.3 Å². The quantitative estimate of drug-likeness (QED) is 0.757. The van der Waals surface area contributed by atoms with Crippen LogP contribution in [0.3, 0.4) is 0 Å². The number of carbonyl (C=O) groups is 1. The smallest absolute Gasteiger partial charge is 0.251 e. The molecular formula is C20H21N3O2. The molecule has 1 atom stereocenters. The highest BCUT2D eigenvalue weighted by Crippen LogP contribution is 2.24. The lowest BCUT2D eigenvalue weighted by atomic mass is 10.1. The zero-order valence-electron chi connectivity index (χ0n) is 14.6. The van der Waals surface area contributed by atoms with Gasteiger partial charge in [0.2, 0.25) is 11.8 Å². The van der Waals surface area contributed by atoms with Crippen molar-refractivity contribution in [3.8, 4) is 22.9 Å². The van der Waals surface area contributed by atoms with E-state index in [1.54, 1.807) is 12.1 Å². The van der Waals surface area contributed by atoms with Crippen LogP contribution in [-0.2, 0) is 0 Å². The fourth-order valence-corrected chi connectivity index (χ4v) is 2.33. The Morgan fingerprint density at radius 2 is 1.52 bits per heavy atom. The lowest BCUT2D eigenvalue weighted by Crippen LogP contribution is -2.31. The number of carbonyl (C=O) groups excluding carboxylic acids is 1. The Morgan fingerprint density at radius 3 is 2.04 bits per heavy atom. The molecule has 1 N–H and O–H groups in total. The van der Waals surface area contributed by atoms with Gasteiger partial charge in [0.25, 0.3) is 5.91 Å². The molecule has 1 unspecified atom stereocenters. The summed E-state index contributed by atoms with van der Waals surface area (Å²) in [7, 11) is 0. The molecular weight excluding hydrogens is 314 g/mol. The number of benzene rings is 2. The van der Waals surface area contributed by atoms with Gasteiger partial charge < -0.3 is 9.73 Å². The van der Waals surface area contributed by atoms with E-state index < -0.39 is 0 Å². The van der Waals surface area contributed by atoms with Crippen molar-refractivity contribution in [3.05, 3.63) is 59.7 Å². The maximum absolute atomic E-state index is 12.1. The van der Waals surface area contributed by atoms with Crippen molar-refractivity contribution in [2.75, 3.05) is 0 Å². The van der Waals surface area contributed by atoms with Gasteiger partial charge in [0.1, 0.15) is 0 Å². The molecule has 0 aliphatic heterocycles. The topological polar surface area (TPSA) is 68.0 Å². The summed E-state index contributed by atoms with van der Waals surface area (Å²) < 4.78 is 5.76. The molecule has 3 aromatic rings. The molecule has 128 valence electrons. The van der Waals surface area contributed by atoms with Gasteiger partial charge in [0, 0.05) is 22.7 Å². The first-order valence-electron chi connectivity index (χ1n) is 8.38. The van der Waals surface area contributed by atoms with Crippen molar-refractivity contribution in [1.29, 1.82) is 0 Å². The zero-order valence-corrected chi connectivity index (χ0v) is 14.6. The predicted molar refractivity (Wildman–Crippen MR) is 97.1 cm³/mol. The second-order valence-electron chi connectivity index (χ2n) is 6.14. The van der Waals surface area contributed by atoms with Gasteiger partial charge in [-0.3, -0.25) is 4.79 Å². The molecule has 0 saturated heterocycles. The summed E-state index contributed by atoms with van der Waals surface area (Å²) in [6.07, 6.45) is 0.896. The molecule has 1 heterocycles. The Bertz CT molecular complexity index is 851. The summed E-state index contributed by atoms with van der Waals surface area (Å²) in [6.45, 7) is 6.05. The third-order valence-corrected chi connectivity index (χ3v) is 4.11. The van der Waals surface area contributed by atoms with Crippen molar-refractivity contribution in [2.45, 2.75) is 33.2 Å². The van der Waals surface area contributed by atoms with Crippen LogP contribution in [0.4, 0.5) is 0 Å². The molecule has 25 heavy (non-hydrogen) atoms. The van der Waals surface area contributed by atoms with Crippen LogP contribution in [0, 0.1) is 6.92 Å². The van der Waals surface area contributed by atoms with Crippen molar-refractivity contribution >= 4 is 5.91 Å². The second-order valence-corrected chi connectivity index (χ2v) is 6.14. The molecule has 0 spiro atoms. The first-order chi connectivity index (χ1) is 12.1. The SMILES string of the molecule is CCC(C)NC(=O)c1ccc(-c2nnc(-c3ccc(C)cc3)o2)cc1. The number of nitrogens with one attached hydrogen (secondary N) is 1. The summed E-state index contributed by atoms with van der Waals surface area (Å²) in [6, 6.07) is 15.2. The van der Waals surface area contributed by atoms with Crippen LogP contribution in [0.5, 0.6) is 0 Å². The summed E-state index contributed by atoms with van der Waals surface area (Å²) in [5, 5.41) is 11.2. The maximum atomic E-state index is 12.1. The van der Waals surface area contributed by atoms with Gasteiger partial charge in [0.15, 0.2) is 0 Å². The Morgan fingerprint density at radius 1 is 1.00 bits per heavy atom. The number of rotatable bonds is 5. The number of hydrogen-bond acceptors (Lipinski definition) is 4. The summed E-state index contributed by atoms with van der Waals surface area (Å²) in [5.74, 6) is 0.838. The average molecular weight is 335 g/mol. The predicted octanol–water partition coefficient (Wildman–Crippen LogP) is 4.24. The molecule has 0 fully saturated rings. The van der Waals surface area contributed by atoms with Gasteiger partial charge in [0.05, 0.1) is 0 Å². The molecule has 1 aromatic heterocycles. The van der Waals surface area contributed by atoms with Crippen LogP contribution in [-0.4, -0.2) is 22.1 Å². The summed E-state index contributed by atoms with van der Waals surface area (Å²) in [5.41, 5.74) is 3.46. The third-order valence-electron chi connectivity index (χ3n) is 4.11. The Hall–Kier alpha value is -2.95. The number of amides is 1. The van der Waals surface area contributed by atoms with E-state index in [0.717, 1.165) is 17.5 Å². The molecule has 2 aromatic carbocycles. The van der Waals surface area contributed by atoms with Crippen LogP contribution < -0.4 is 5.32 Å². The van der Waals surface area contributed by atoms with Crippen LogP contribution in [0.15, 0.2) is 52.9 Å². The molecule has 0 saturated carbocycles. The minimum atomic E-state index is -0.0771. The van der Waals surface area contributed by atoms with E-state index in [2.05, 4.69) is 15.5 Å². The van der Waals surface area contributed by atoms with Crippen molar-refractivity contribution in [3.63, 3.8) is 0 Å². The van der Waals surface area contributed by atoms with Gasteiger partial charge in [-0.05, 0) is 56.7 Å². The minimum Gasteiger partial charge on any atom is -0.416 e. The van der Waals surface area contributed by atoms with Crippen LogP contribution in [0.2, 0.25) is 0 Å². The number of aryl methyl sites for hydroxylation is 1. The van der Waals surface area contributed by atoms with E-state index >= 15 is 0 Å². The van der Waals surface area contributed by atoms with Gasteiger partial charge in [-0.25, -0.2) is 0 Å². The molecule has 5 nitrogen and oxygen atoms in total. The van der Waals surface area contributed by atoms with Crippen LogP contribution in [0.25, 0.3) is 22.9 Å². The van der Waals surface area contributed by atoms with Crippen molar-refractivity contribution < 1.29 is 9.21 Å². The Balaban J connectivity index is 1.77. The number of nitrogens with zero attached hydrogens (tertiary/aromatic N) is 2. The highest BCUT2D eigenvalue weighted by atomic mass is 16.4. The average Bonchev–Trinajstić information content (AvgIpc) is 3.12. The van der Waals surface area contributed by atoms with E-state index in [9.17, 15) is 4.79 Å². The van der Waals surface area contributed by atoms with Crippen LogP contribution >= 0.6 is 0 Å². The van der Waals surface area contributed by atoms with E-state index in [1.165, 1.54) is 5.56 Å². The first kappa shape index (κ1) is 16.9. The number of aromatic nitrogens is 2. The van der Waals surface area contributed by atoms with E-state index in [4.69, 9.17) is 4.42 Å². The third kappa shape index (κ3) is 3.94. The molecule has 0 radical (unpaired) electrons. The molecule has 5 heteroatoms. The second kappa shape index (κ2) is 7.30. The van der Waals surface area contributed by atoms with Crippen LogP contribution in [0.1, 0.15) is 36.2 Å². The molecule has 1 amide bonds. The number of hydrogen-bond donors (Lipinski definition) is 1. The Labute approximate surface area is 147 Å². The Kier molecular flexibility index (Phi) is 4.93. The summed E-state index contributed by atoms with van der Waals surface area (Å²) in [4.78, 5) is 12.1. The zero-order chi connectivity index (χ0) is 17.8. The minimum absolute atomic E-state index is 0.0771. The van der Waals surface area contributed by atoms with Gasteiger partial charge in [-0.15, -0.1) is 10.2 Å². The summed E-state index contributed by atoms with van der Waals surface area (Å²) >= 11 is 0. The lowest BCUT2D eigenvalue weighted by molar-refractivity contribution is 0.0939. The lowest BCUT2D eigenvalue weighted by Gasteiger charge is -2.11. The fraction of sp³-hybridized carbons (Fsp3) is 0.250. The van der Waals surface area contributed by atoms with Gasteiger partial charge in [-0.2, -0.15) is 0 Å². The molecule has 0 bridgehead atoms. The monoisotopic (exact) mass is 335 g/mol. The molecule has 0 aliphatic rings. The maximum Gasteiger partial charge on any atom is 0.251 e.